The summed E-state index contributed by atoms with van der Waals surface area (Å²) in [5.74, 6) is 1.20. The summed E-state index contributed by atoms with van der Waals surface area (Å²) in [6.07, 6.45) is 8.66. The van der Waals surface area contributed by atoms with Gasteiger partial charge in [-0.05, 0) is 67.3 Å². The van der Waals surface area contributed by atoms with E-state index in [1.165, 1.54) is 19.3 Å². The third kappa shape index (κ3) is 1.73. The standard InChI is InChI=1S/C18H26O3/c1-17-7-5-12-11(16(17)21-10-9-17)3-4-13-15(20)14(19)6-8-18(12,13)2/h6,11-13,16,19H,3-5,7-10H2,1-2H3/t11-,12-,13+,16+,17+,18+/m0/s1. The van der Waals surface area contributed by atoms with Crippen LogP contribution >= 0.6 is 0 Å². The number of hydrogen-bond acceptors (Lipinski definition) is 3. The van der Waals surface area contributed by atoms with Gasteiger partial charge < -0.3 is 9.84 Å². The fourth-order valence-corrected chi connectivity index (χ4v) is 6.02. The summed E-state index contributed by atoms with van der Waals surface area (Å²) < 4.78 is 6.15. The van der Waals surface area contributed by atoms with Gasteiger partial charge in [-0.15, -0.1) is 0 Å². The third-order valence-corrected chi connectivity index (χ3v) is 7.33. The Morgan fingerprint density at radius 1 is 1.24 bits per heavy atom. The van der Waals surface area contributed by atoms with E-state index in [0.29, 0.717) is 23.4 Å². The lowest BCUT2D eigenvalue weighted by molar-refractivity contribution is -0.148. The minimum atomic E-state index is -0.0112. The average molecular weight is 290 g/mol. The Morgan fingerprint density at radius 3 is 2.86 bits per heavy atom. The second kappa shape index (κ2) is 4.34. The van der Waals surface area contributed by atoms with Crippen LogP contribution in [0.25, 0.3) is 0 Å². The van der Waals surface area contributed by atoms with Crippen molar-refractivity contribution in [1.29, 1.82) is 0 Å². The molecule has 0 unspecified atom stereocenters. The molecule has 0 aromatic rings. The number of aliphatic hydroxyl groups is 1. The molecule has 3 nitrogen and oxygen atoms in total. The molecule has 1 N–H and O–H groups in total. The molecule has 1 heterocycles. The maximum atomic E-state index is 12.4. The molecular formula is C18H26O3. The lowest BCUT2D eigenvalue weighted by Crippen LogP contribution is -2.55. The number of aliphatic hydroxyl groups excluding tert-OH is 1. The highest BCUT2D eigenvalue weighted by atomic mass is 16.5. The number of ketones is 1. The maximum Gasteiger partial charge on any atom is 0.200 e. The number of carbonyl (C=O) groups is 1. The van der Waals surface area contributed by atoms with E-state index in [1.807, 2.05) is 0 Å². The summed E-state index contributed by atoms with van der Waals surface area (Å²) in [4.78, 5) is 12.4. The van der Waals surface area contributed by atoms with Gasteiger partial charge in [-0.25, -0.2) is 0 Å². The zero-order chi connectivity index (χ0) is 14.8. The molecule has 4 rings (SSSR count). The van der Waals surface area contributed by atoms with Gasteiger partial charge in [0.1, 0.15) is 0 Å². The monoisotopic (exact) mass is 290 g/mol. The predicted octanol–water partition coefficient (Wildman–Crippen LogP) is 3.64. The van der Waals surface area contributed by atoms with Crippen LogP contribution in [0.2, 0.25) is 0 Å². The first-order chi connectivity index (χ1) is 9.96. The van der Waals surface area contributed by atoms with Gasteiger partial charge >= 0.3 is 0 Å². The molecule has 21 heavy (non-hydrogen) atoms. The summed E-state index contributed by atoms with van der Waals surface area (Å²) in [5.41, 5.74) is 0.389. The van der Waals surface area contributed by atoms with Crippen LogP contribution < -0.4 is 0 Å². The van der Waals surface area contributed by atoms with Crippen molar-refractivity contribution in [3.05, 3.63) is 11.8 Å². The fraction of sp³-hybridized carbons (Fsp3) is 0.833. The zero-order valence-electron chi connectivity index (χ0n) is 13.1. The number of hydrogen-bond donors (Lipinski definition) is 1. The van der Waals surface area contributed by atoms with Gasteiger partial charge in [-0.3, -0.25) is 4.79 Å². The quantitative estimate of drug-likeness (QED) is 0.741. The zero-order valence-corrected chi connectivity index (χ0v) is 13.1. The van der Waals surface area contributed by atoms with Crippen molar-refractivity contribution in [1.82, 2.24) is 0 Å². The van der Waals surface area contributed by atoms with E-state index in [1.54, 1.807) is 6.08 Å². The second-order valence-electron chi connectivity index (χ2n) is 8.30. The molecule has 0 spiro atoms. The fourth-order valence-electron chi connectivity index (χ4n) is 6.02. The first-order valence-electron chi connectivity index (χ1n) is 8.51. The summed E-state index contributed by atoms with van der Waals surface area (Å²) in [7, 11) is 0. The molecule has 6 atom stereocenters. The SMILES string of the molecule is C[C@@]12CCO[C@@H]1[C@H]1CC[C@@H]3C(=O)C(O)=CC[C@]3(C)[C@H]1CC2. The molecule has 1 aliphatic heterocycles. The molecule has 0 amide bonds. The van der Waals surface area contributed by atoms with Crippen LogP contribution in [-0.2, 0) is 9.53 Å². The Kier molecular flexibility index (Phi) is 2.86. The minimum Gasteiger partial charge on any atom is -0.505 e. The third-order valence-electron chi connectivity index (χ3n) is 7.33. The number of ether oxygens (including phenoxy) is 1. The highest BCUT2D eigenvalue weighted by molar-refractivity contribution is 5.96. The summed E-state index contributed by atoms with van der Waals surface area (Å²) in [6, 6.07) is 0. The Labute approximate surface area is 126 Å². The van der Waals surface area contributed by atoms with Gasteiger partial charge in [-0.2, -0.15) is 0 Å². The van der Waals surface area contributed by atoms with E-state index in [9.17, 15) is 9.90 Å². The molecule has 0 aromatic heterocycles. The van der Waals surface area contributed by atoms with Crippen LogP contribution in [-0.4, -0.2) is 23.6 Å². The first kappa shape index (κ1) is 13.8. The summed E-state index contributed by atoms with van der Waals surface area (Å²) >= 11 is 0. The predicted molar refractivity (Wildman–Crippen MR) is 79.8 cm³/mol. The number of rotatable bonds is 0. The highest BCUT2D eigenvalue weighted by Gasteiger charge is 2.59. The normalized spacial score (nSPS) is 52.7. The van der Waals surface area contributed by atoms with Crippen molar-refractivity contribution in [2.45, 2.75) is 58.5 Å². The Balaban J connectivity index is 1.69. The summed E-state index contributed by atoms with van der Waals surface area (Å²) in [5, 5.41) is 9.81. The van der Waals surface area contributed by atoms with Gasteiger partial charge in [0.05, 0.1) is 6.10 Å². The van der Waals surface area contributed by atoms with Crippen LogP contribution in [0, 0.1) is 28.6 Å². The molecule has 0 aromatic carbocycles. The van der Waals surface area contributed by atoms with E-state index in [0.717, 1.165) is 25.9 Å². The van der Waals surface area contributed by atoms with Gasteiger partial charge in [0, 0.05) is 12.5 Å². The molecule has 3 fully saturated rings. The van der Waals surface area contributed by atoms with Crippen molar-refractivity contribution in [2.75, 3.05) is 6.61 Å². The molecule has 3 aliphatic carbocycles. The largest absolute Gasteiger partial charge is 0.505 e. The van der Waals surface area contributed by atoms with Crippen molar-refractivity contribution in [3.63, 3.8) is 0 Å². The van der Waals surface area contributed by atoms with Gasteiger partial charge in [0.25, 0.3) is 0 Å². The number of allylic oxidation sites excluding steroid dienone is 2. The topological polar surface area (TPSA) is 46.5 Å². The maximum absolute atomic E-state index is 12.4. The average Bonchev–Trinajstić information content (AvgIpc) is 2.85. The van der Waals surface area contributed by atoms with Crippen molar-refractivity contribution < 1.29 is 14.6 Å². The number of Topliss-reactive ketones (excluding diaryl/α,β-unsaturated/α-hetero) is 1. The molecule has 2 saturated carbocycles. The Hall–Kier alpha value is -0.830. The lowest BCUT2D eigenvalue weighted by Gasteiger charge is -2.57. The molecule has 1 saturated heterocycles. The van der Waals surface area contributed by atoms with Crippen molar-refractivity contribution in [3.8, 4) is 0 Å². The van der Waals surface area contributed by atoms with E-state index < -0.39 is 0 Å². The van der Waals surface area contributed by atoms with E-state index in [4.69, 9.17) is 4.74 Å². The van der Waals surface area contributed by atoms with E-state index >= 15 is 0 Å². The van der Waals surface area contributed by atoms with Crippen molar-refractivity contribution >= 4 is 5.78 Å². The van der Waals surface area contributed by atoms with Crippen LogP contribution in [0.15, 0.2) is 11.8 Å². The van der Waals surface area contributed by atoms with Crippen molar-refractivity contribution in [2.24, 2.45) is 28.6 Å². The second-order valence-corrected chi connectivity index (χ2v) is 8.30. The van der Waals surface area contributed by atoms with Gasteiger partial charge in [0.15, 0.2) is 11.5 Å². The molecule has 116 valence electrons. The molecule has 3 heteroatoms. The number of fused-ring (bicyclic) bond motifs is 5. The number of carbonyl (C=O) groups excluding carboxylic acids is 1. The van der Waals surface area contributed by atoms with Crippen LogP contribution in [0.4, 0.5) is 0 Å². The van der Waals surface area contributed by atoms with E-state index in [-0.39, 0.29) is 22.9 Å². The minimum absolute atomic E-state index is 0.00805. The van der Waals surface area contributed by atoms with Gasteiger partial charge in [0.2, 0.25) is 0 Å². The molecule has 0 bridgehead atoms. The molecule has 4 aliphatic rings. The van der Waals surface area contributed by atoms with Crippen LogP contribution in [0.3, 0.4) is 0 Å². The highest BCUT2D eigenvalue weighted by Crippen LogP contribution is 2.62. The summed E-state index contributed by atoms with van der Waals surface area (Å²) in [6.45, 7) is 5.59. The lowest BCUT2D eigenvalue weighted by atomic mass is 9.47. The Morgan fingerprint density at radius 2 is 2.05 bits per heavy atom. The Bertz CT molecular complexity index is 511. The molecular weight excluding hydrogens is 264 g/mol. The van der Waals surface area contributed by atoms with Crippen LogP contribution in [0.1, 0.15) is 52.4 Å². The molecule has 0 radical (unpaired) electrons. The van der Waals surface area contributed by atoms with Gasteiger partial charge in [-0.1, -0.05) is 13.8 Å². The van der Waals surface area contributed by atoms with Crippen LogP contribution in [0.5, 0.6) is 0 Å². The first-order valence-corrected chi connectivity index (χ1v) is 8.51. The van der Waals surface area contributed by atoms with E-state index in [2.05, 4.69) is 13.8 Å². The smallest absolute Gasteiger partial charge is 0.200 e.